The fraction of sp³-hybridized carbons (Fsp3) is 0.429. The Kier molecular flexibility index (Phi) is 5.31. The summed E-state index contributed by atoms with van der Waals surface area (Å²) < 4.78 is 42.2. The lowest BCUT2D eigenvalue weighted by Gasteiger charge is -2.32. The molecule has 0 atom stereocenters. The smallest absolute Gasteiger partial charge is 0.260 e. The van der Waals surface area contributed by atoms with Gasteiger partial charge in [0.1, 0.15) is 17.5 Å². The fourth-order valence-electron chi connectivity index (χ4n) is 4.06. The number of alkyl halides is 2. The van der Waals surface area contributed by atoms with E-state index in [4.69, 9.17) is 0 Å². The average molecular weight is 468 g/mol. The van der Waals surface area contributed by atoms with Gasteiger partial charge in [-0.05, 0) is 61.1 Å². The molecule has 1 saturated heterocycles. The SMILES string of the molecule is Cc1cc(NC(=O)c2c(F)cc(Br)c3c2CCC3)nc(N2CCC(F)(F)CC2)c1. The molecule has 0 bridgehead atoms. The molecular weight excluding hydrogens is 447 g/mol. The number of amides is 1. The van der Waals surface area contributed by atoms with E-state index < -0.39 is 17.6 Å². The highest BCUT2D eigenvalue weighted by Crippen LogP contribution is 2.34. The second-order valence-electron chi connectivity index (χ2n) is 7.71. The first-order valence-electron chi connectivity index (χ1n) is 9.66. The number of benzene rings is 1. The highest BCUT2D eigenvalue weighted by Gasteiger charge is 2.34. The van der Waals surface area contributed by atoms with Gasteiger partial charge in [-0.1, -0.05) is 15.9 Å². The number of fused-ring (bicyclic) bond motifs is 1. The molecule has 8 heteroatoms. The largest absolute Gasteiger partial charge is 0.356 e. The number of piperidine rings is 1. The Labute approximate surface area is 175 Å². The van der Waals surface area contributed by atoms with Crippen LogP contribution in [0.4, 0.5) is 24.8 Å². The molecule has 0 radical (unpaired) electrons. The number of pyridine rings is 1. The molecule has 154 valence electrons. The van der Waals surface area contributed by atoms with Crippen LogP contribution in [0.1, 0.15) is 46.3 Å². The molecule has 2 heterocycles. The van der Waals surface area contributed by atoms with Gasteiger partial charge in [-0.3, -0.25) is 4.79 Å². The number of carbonyl (C=O) groups is 1. The van der Waals surface area contributed by atoms with Crippen LogP contribution in [-0.2, 0) is 12.8 Å². The van der Waals surface area contributed by atoms with Crippen LogP contribution < -0.4 is 10.2 Å². The maximum Gasteiger partial charge on any atom is 0.260 e. The molecule has 4 rings (SSSR count). The zero-order valence-electron chi connectivity index (χ0n) is 16.0. The number of nitrogens with zero attached hydrogens (tertiary/aromatic N) is 2. The topological polar surface area (TPSA) is 45.2 Å². The lowest BCUT2D eigenvalue weighted by Crippen LogP contribution is -2.39. The zero-order valence-corrected chi connectivity index (χ0v) is 17.6. The van der Waals surface area contributed by atoms with Crippen molar-refractivity contribution in [2.24, 2.45) is 0 Å². The fourth-order valence-corrected chi connectivity index (χ4v) is 4.70. The van der Waals surface area contributed by atoms with Crippen molar-refractivity contribution in [3.63, 3.8) is 0 Å². The summed E-state index contributed by atoms with van der Waals surface area (Å²) >= 11 is 3.38. The molecule has 4 nitrogen and oxygen atoms in total. The normalized spacial score (nSPS) is 17.9. The molecule has 1 aliphatic heterocycles. The van der Waals surface area contributed by atoms with Gasteiger partial charge in [-0.25, -0.2) is 18.2 Å². The minimum atomic E-state index is -2.64. The number of carbonyl (C=O) groups excluding carboxylic acids is 1. The van der Waals surface area contributed by atoms with Crippen molar-refractivity contribution in [1.82, 2.24) is 4.98 Å². The van der Waals surface area contributed by atoms with Crippen molar-refractivity contribution in [1.29, 1.82) is 0 Å². The van der Waals surface area contributed by atoms with E-state index in [1.54, 1.807) is 17.0 Å². The third kappa shape index (κ3) is 4.13. The Hall–Kier alpha value is -2.09. The number of rotatable bonds is 3. The van der Waals surface area contributed by atoms with Gasteiger partial charge in [0, 0.05) is 30.4 Å². The standard InChI is InChI=1S/C21H21BrF3N3O/c1-12-9-17(26-18(10-12)28-7-5-21(24,25)6-8-28)27-20(29)19-14-4-2-3-13(14)15(22)11-16(19)23/h9-11H,2-8H2,1H3,(H,26,27,29). The Balaban J connectivity index is 1.59. The molecule has 2 aromatic rings. The summed E-state index contributed by atoms with van der Waals surface area (Å²) in [6.07, 6.45) is 1.90. The molecule has 1 fully saturated rings. The van der Waals surface area contributed by atoms with Crippen LogP contribution in [0.2, 0.25) is 0 Å². The average Bonchev–Trinajstić information content (AvgIpc) is 3.11. The first-order chi connectivity index (χ1) is 13.7. The van der Waals surface area contributed by atoms with E-state index in [2.05, 4.69) is 26.2 Å². The van der Waals surface area contributed by atoms with Crippen molar-refractivity contribution < 1.29 is 18.0 Å². The van der Waals surface area contributed by atoms with Crippen LogP contribution >= 0.6 is 15.9 Å². The minimum absolute atomic E-state index is 0.0585. The second-order valence-corrected chi connectivity index (χ2v) is 8.57. The van der Waals surface area contributed by atoms with Gasteiger partial charge in [-0.2, -0.15) is 0 Å². The molecule has 1 aliphatic carbocycles. The Morgan fingerprint density at radius 2 is 1.86 bits per heavy atom. The number of hydrogen-bond acceptors (Lipinski definition) is 3. The lowest BCUT2D eigenvalue weighted by atomic mass is 10.0. The van der Waals surface area contributed by atoms with Crippen LogP contribution in [0.5, 0.6) is 0 Å². The van der Waals surface area contributed by atoms with Gasteiger partial charge in [0.2, 0.25) is 0 Å². The van der Waals surface area contributed by atoms with E-state index in [1.807, 2.05) is 6.92 Å². The van der Waals surface area contributed by atoms with Crippen LogP contribution in [0, 0.1) is 12.7 Å². The van der Waals surface area contributed by atoms with Crippen LogP contribution in [0.3, 0.4) is 0 Å². The van der Waals surface area contributed by atoms with Crippen molar-refractivity contribution in [3.05, 3.63) is 50.7 Å². The van der Waals surface area contributed by atoms with E-state index in [1.165, 1.54) is 6.07 Å². The molecule has 0 unspecified atom stereocenters. The predicted molar refractivity (Wildman–Crippen MR) is 109 cm³/mol. The zero-order chi connectivity index (χ0) is 20.8. The number of aromatic nitrogens is 1. The molecule has 1 amide bonds. The van der Waals surface area contributed by atoms with E-state index in [-0.39, 0.29) is 37.3 Å². The van der Waals surface area contributed by atoms with E-state index in [9.17, 15) is 18.0 Å². The van der Waals surface area contributed by atoms with Crippen molar-refractivity contribution in [3.8, 4) is 0 Å². The number of halogens is 4. The van der Waals surface area contributed by atoms with Crippen molar-refractivity contribution >= 4 is 33.5 Å². The maximum absolute atomic E-state index is 14.6. The molecule has 29 heavy (non-hydrogen) atoms. The number of aryl methyl sites for hydroxylation is 1. The first-order valence-corrected chi connectivity index (χ1v) is 10.5. The monoisotopic (exact) mass is 467 g/mol. The van der Waals surface area contributed by atoms with E-state index >= 15 is 0 Å². The summed E-state index contributed by atoms with van der Waals surface area (Å²) in [6, 6.07) is 4.83. The van der Waals surface area contributed by atoms with E-state index in [0.717, 1.165) is 29.5 Å². The van der Waals surface area contributed by atoms with Gasteiger partial charge in [0.25, 0.3) is 11.8 Å². The van der Waals surface area contributed by atoms with E-state index in [0.29, 0.717) is 16.7 Å². The molecule has 0 spiro atoms. The van der Waals surface area contributed by atoms with Crippen LogP contribution in [0.25, 0.3) is 0 Å². The minimum Gasteiger partial charge on any atom is -0.356 e. The quantitative estimate of drug-likeness (QED) is 0.668. The number of anilines is 2. The molecule has 1 N–H and O–H groups in total. The van der Waals surface area contributed by atoms with Crippen molar-refractivity contribution in [2.75, 3.05) is 23.3 Å². The second kappa shape index (κ2) is 7.63. The summed E-state index contributed by atoms with van der Waals surface area (Å²) in [5.74, 6) is -2.92. The summed E-state index contributed by atoms with van der Waals surface area (Å²) in [6.45, 7) is 2.24. The van der Waals surface area contributed by atoms with Gasteiger partial charge in [0.05, 0.1) is 5.56 Å². The first kappa shape index (κ1) is 20.2. The molecule has 1 aromatic heterocycles. The summed E-state index contributed by atoms with van der Waals surface area (Å²) in [5.41, 5.74) is 2.61. The van der Waals surface area contributed by atoms with Gasteiger partial charge in [0.15, 0.2) is 0 Å². The Morgan fingerprint density at radius 1 is 1.17 bits per heavy atom. The molecular formula is C21H21BrF3N3O. The van der Waals surface area contributed by atoms with Crippen LogP contribution in [-0.4, -0.2) is 29.9 Å². The number of nitrogens with one attached hydrogen (secondary N) is 1. The lowest BCUT2D eigenvalue weighted by molar-refractivity contribution is -0.0221. The molecule has 1 aromatic carbocycles. The van der Waals surface area contributed by atoms with Crippen molar-refractivity contribution in [2.45, 2.75) is 45.0 Å². The Morgan fingerprint density at radius 3 is 2.59 bits per heavy atom. The third-order valence-electron chi connectivity index (χ3n) is 5.54. The molecule has 2 aliphatic rings. The summed E-state index contributed by atoms with van der Waals surface area (Å²) in [7, 11) is 0. The maximum atomic E-state index is 14.6. The Bertz CT molecular complexity index is 970. The van der Waals surface area contributed by atoms with Crippen LogP contribution in [0.15, 0.2) is 22.7 Å². The highest BCUT2D eigenvalue weighted by atomic mass is 79.9. The number of hydrogen-bond donors (Lipinski definition) is 1. The summed E-state index contributed by atoms with van der Waals surface area (Å²) in [5, 5.41) is 2.70. The molecule has 0 saturated carbocycles. The van der Waals surface area contributed by atoms with Gasteiger partial charge in [-0.15, -0.1) is 0 Å². The summed E-state index contributed by atoms with van der Waals surface area (Å²) in [4.78, 5) is 19.1. The van der Waals surface area contributed by atoms with Gasteiger partial charge >= 0.3 is 0 Å². The predicted octanol–water partition coefficient (Wildman–Crippen LogP) is 5.27. The highest BCUT2D eigenvalue weighted by molar-refractivity contribution is 9.10. The van der Waals surface area contributed by atoms with Gasteiger partial charge < -0.3 is 10.2 Å². The third-order valence-corrected chi connectivity index (χ3v) is 6.25.